The molecule has 0 heterocycles. The summed E-state index contributed by atoms with van der Waals surface area (Å²) in [6, 6.07) is 0. The smallest absolute Gasteiger partial charge is 0.167 e. The third kappa shape index (κ3) is 2.80. The van der Waals surface area contributed by atoms with Gasteiger partial charge in [-0.2, -0.15) is 0 Å². The zero-order valence-corrected chi connectivity index (χ0v) is 9.52. The highest BCUT2D eigenvalue weighted by atomic mass is 16.5. The van der Waals surface area contributed by atoms with Gasteiger partial charge >= 0.3 is 0 Å². The Kier molecular flexibility index (Phi) is 5.23. The van der Waals surface area contributed by atoms with Gasteiger partial charge in [0, 0.05) is 12.5 Å². The fraction of sp³-hybridized carbons (Fsp3) is 0.909. The van der Waals surface area contributed by atoms with Crippen molar-refractivity contribution in [2.45, 2.75) is 53.1 Å². The standard InChI is InChI=1S/C11H22O2/c1-6-11(7-2,13-8-3)10(12)9(4)5/h9H,6-8H2,1-5H3. The molecule has 0 aromatic rings. The number of ether oxygens (including phenoxy) is 1. The van der Waals surface area contributed by atoms with Gasteiger partial charge in [-0.25, -0.2) is 0 Å². The second-order valence-electron chi connectivity index (χ2n) is 3.65. The Balaban J connectivity index is 4.64. The van der Waals surface area contributed by atoms with E-state index in [1.54, 1.807) is 0 Å². The van der Waals surface area contributed by atoms with Crippen molar-refractivity contribution < 1.29 is 9.53 Å². The van der Waals surface area contributed by atoms with Crippen LogP contribution in [0.25, 0.3) is 0 Å². The number of carbonyl (C=O) groups is 1. The van der Waals surface area contributed by atoms with Gasteiger partial charge < -0.3 is 4.74 Å². The van der Waals surface area contributed by atoms with Crippen LogP contribution in [0.5, 0.6) is 0 Å². The average molecular weight is 186 g/mol. The normalized spacial score (nSPS) is 12.2. The first-order valence-electron chi connectivity index (χ1n) is 5.22. The number of ketones is 1. The first-order valence-corrected chi connectivity index (χ1v) is 5.22. The molecule has 0 rings (SSSR count). The molecule has 0 amide bonds. The lowest BCUT2D eigenvalue weighted by Crippen LogP contribution is -2.43. The molecule has 0 aliphatic rings. The van der Waals surface area contributed by atoms with E-state index in [9.17, 15) is 4.79 Å². The molecule has 0 N–H and O–H groups in total. The molecule has 0 aliphatic carbocycles. The highest BCUT2D eigenvalue weighted by Gasteiger charge is 2.36. The van der Waals surface area contributed by atoms with Crippen LogP contribution in [-0.2, 0) is 9.53 Å². The topological polar surface area (TPSA) is 26.3 Å². The minimum Gasteiger partial charge on any atom is -0.368 e. The molecular formula is C11H22O2. The molecule has 0 atom stereocenters. The molecule has 0 unspecified atom stereocenters. The lowest BCUT2D eigenvalue weighted by molar-refractivity contribution is -0.148. The monoisotopic (exact) mass is 186 g/mol. The van der Waals surface area contributed by atoms with E-state index in [0.717, 1.165) is 12.8 Å². The molecule has 0 fully saturated rings. The molecule has 2 heteroatoms. The van der Waals surface area contributed by atoms with Crippen LogP contribution in [0.3, 0.4) is 0 Å². The summed E-state index contributed by atoms with van der Waals surface area (Å²) in [5, 5.41) is 0. The molecule has 0 spiro atoms. The van der Waals surface area contributed by atoms with Gasteiger partial charge in [-0.05, 0) is 19.8 Å². The van der Waals surface area contributed by atoms with Gasteiger partial charge in [-0.1, -0.05) is 27.7 Å². The van der Waals surface area contributed by atoms with Crippen LogP contribution in [0.15, 0.2) is 0 Å². The third-order valence-corrected chi connectivity index (χ3v) is 2.54. The van der Waals surface area contributed by atoms with Crippen molar-refractivity contribution in [1.29, 1.82) is 0 Å². The summed E-state index contributed by atoms with van der Waals surface area (Å²) in [6.07, 6.45) is 1.54. The van der Waals surface area contributed by atoms with Crippen LogP contribution in [0.2, 0.25) is 0 Å². The first kappa shape index (κ1) is 12.6. The van der Waals surface area contributed by atoms with Crippen molar-refractivity contribution in [3.63, 3.8) is 0 Å². The molecule has 0 saturated heterocycles. The Morgan fingerprint density at radius 3 is 1.92 bits per heavy atom. The lowest BCUT2D eigenvalue weighted by Gasteiger charge is -2.31. The molecule has 0 saturated carbocycles. The highest BCUT2D eigenvalue weighted by molar-refractivity contribution is 5.88. The Morgan fingerprint density at radius 2 is 1.69 bits per heavy atom. The Bertz CT molecular complexity index is 157. The molecule has 2 nitrogen and oxygen atoms in total. The van der Waals surface area contributed by atoms with Crippen molar-refractivity contribution in [3.8, 4) is 0 Å². The van der Waals surface area contributed by atoms with Gasteiger partial charge in [0.25, 0.3) is 0 Å². The van der Waals surface area contributed by atoms with Gasteiger partial charge in [-0.15, -0.1) is 0 Å². The van der Waals surface area contributed by atoms with Crippen molar-refractivity contribution in [2.75, 3.05) is 6.61 Å². The summed E-state index contributed by atoms with van der Waals surface area (Å²) in [4.78, 5) is 11.9. The second kappa shape index (κ2) is 5.38. The Hall–Kier alpha value is -0.370. The maximum atomic E-state index is 11.9. The molecule has 13 heavy (non-hydrogen) atoms. The first-order chi connectivity index (χ1) is 6.04. The summed E-state index contributed by atoms with van der Waals surface area (Å²) >= 11 is 0. The zero-order chi connectivity index (χ0) is 10.5. The predicted molar refractivity (Wildman–Crippen MR) is 54.8 cm³/mol. The van der Waals surface area contributed by atoms with Crippen LogP contribution >= 0.6 is 0 Å². The summed E-state index contributed by atoms with van der Waals surface area (Å²) in [6.45, 7) is 10.4. The zero-order valence-electron chi connectivity index (χ0n) is 9.52. The summed E-state index contributed by atoms with van der Waals surface area (Å²) in [7, 11) is 0. The average Bonchev–Trinajstić information content (AvgIpc) is 2.13. The van der Waals surface area contributed by atoms with Crippen LogP contribution in [-0.4, -0.2) is 18.0 Å². The molecule has 0 bridgehead atoms. The van der Waals surface area contributed by atoms with E-state index in [1.165, 1.54) is 0 Å². The lowest BCUT2D eigenvalue weighted by atomic mass is 9.86. The third-order valence-electron chi connectivity index (χ3n) is 2.54. The number of hydrogen-bond acceptors (Lipinski definition) is 2. The fourth-order valence-electron chi connectivity index (χ4n) is 1.68. The van der Waals surface area contributed by atoms with Crippen LogP contribution in [0.1, 0.15) is 47.5 Å². The molecule has 0 aromatic heterocycles. The van der Waals surface area contributed by atoms with Gasteiger partial charge in [0.1, 0.15) is 5.60 Å². The largest absolute Gasteiger partial charge is 0.368 e. The highest BCUT2D eigenvalue weighted by Crippen LogP contribution is 2.25. The van der Waals surface area contributed by atoms with Gasteiger partial charge in [0.05, 0.1) is 0 Å². The van der Waals surface area contributed by atoms with Gasteiger partial charge in [0.15, 0.2) is 5.78 Å². The van der Waals surface area contributed by atoms with E-state index in [4.69, 9.17) is 4.74 Å². The van der Waals surface area contributed by atoms with E-state index in [1.807, 2.05) is 34.6 Å². The number of hydrogen-bond donors (Lipinski definition) is 0. The van der Waals surface area contributed by atoms with Crippen LogP contribution < -0.4 is 0 Å². The maximum Gasteiger partial charge on any atom is 0.167 e. The SMILES string of the molecule is CCOC(CC)(CC)C(=O)C(C)C. The summed E-state index contributed by atoms with van der Waals surface area (Å²) in [5.74, 6) is 0.297. The second-order valence-corrected chi connectivity index (χ2v) is 3.65. The summed E-state index contributed by atoms with van der Waals surface area (Å²) < 4.78 is 5.60. The maximum absolute atomic E-state index is 11.9. The van der Waals surface area contributed by atoms with Crippen LogP contribution in [0, 0.1) is 5.92 Å². The quantitative estimate of drug-likeness (QED) is 0.637. The fourth-order valence-corrected chi connectivity index (χ4v) is 1.68. The Morgan fingerprint density at radius 1 is 1.23 bits per heavy atom. The van der Waals surface area contributed by atoms with Crippen LogP contribution in [0.4, 0.5) is 0 Å². The molecule has 0 aromatic carbocycles. The van der Waals surface area contributed by atoms with Gasteiger partial charge in [0.2, 0.25) is 0 Å². The van der Waals surface area contributed by atoms with E-state index >= 15 is 0 Å². The molecule has 0 aliphatic heterocycles. The van der Waals surface area contributed by atoms with E-state index in [-0.39, 0.29) is 11.7 Å². The summed E-state index contributed by atoms with van der Waals surface area (Å²) in [5.41, 5.74) is -0.525. The molecule has 78 valence electrons. The van der Waals surface area contributed by atoms with Crippen molar-refractivity contribution in [1.82, 2.24) is 0 Å². The number of carbonyl (C=O) groups excluding carboxylic acids is 1. The minimum atomic E-state index is -0.525. The van der Waals surface area contributed by atoms with Crippen molar-refractivity contribution in [2.24, 2.45) is 5.92 Å². The minimum absolute atomic E-state index is 0.0615. The van der Waals surface area contributed by atoms with E-state index in [0.29, 0.717) is 6.61 Å². The van der Waals surface area contributed by atoms with Gasteiger partial charge in [-0.3, -0.25) is 4.79 Å². The molecule has 0 radical (unpaired) electrons. The number of rotatable bonds is 6. The Labute approximate surface area is 81.7 Å². The van der Waals surface area contributed by atoms with E-state index in [2.05, 4.69) is 0 Å². The van der Waals surface area contributed by atoms with Crippen molar-refractivity contribution >= 4 is 5.78 Å². The van der Waals surface area contributed by atoms with Crippen molar-refractivity contribution in [3.05, 3.63) is 0 Å². The molecular weight excluding hydrogens is 164 g/mol. The predicted octanol–water partition coefficient (Wildman–Crippen LogP) is 2.81. The van der Waals surface area contributed by atoms with E-state index < -0.39 is 5.60 Å². The number of Topliss-reactive ketones (excluding diaryl/α,β-unsaturated/α-hetero) is 1.